The maximum absolute atomic E-state index is 6.51. The molecular weight excluding hydrogens is 379 g/mol. The van der Waals surface area contributed by atoms with Gasteiger partial charge in [-0.3, -0.25) is 0 Å². The fourth-order valence-electron chi connectivity index (χ4n) is 3.15. The lowest BCUT2D eigenvalue weighted by atomic mass is 9.87. The van der Waals surface area contributed by atoms with E-state index in [1.54, 1.807) is 12.3 Å². The quantitative estimate of drug-likeness (QED) is 0.491. The zero-order chi connectivity index (χ0) is 19.7. The first-order valence-electron chi connectivity index (χ1n) is 9.09. The number of rotatable bonds is 5. The highest BCUT2D eigenvalue weighted by Crippen LogP contribution is 2.38. The average molecular weight is 404 g/mol. The van der Waals surface area contributed by atoms with E-state index in [-0.39, 0.29) is 10.1 Å². The monoisotopic (exact) mass is 403 g/mol. The molecule has 1 aliphatic heterocycles. The summed E-state index contributed by atoms with van der Waals surface area (Å²) < 4.78 is 0.0630. The minimum absolute atomic E-state index is 0.0630. The number of hydroxylamine groups is 2. The van der Waals surface area contributed by atoms with Gasteiger partial charge >= 0.3 is 0 Å². The van der Waals surface area contributed by atoms with Gasteiger partial charge in [-0.25, -0.2) is 0 Å². The lowest BCUT2D eigenvalue weighted by Crippen LogP contribution is -2.47. The summed E-state index contributed by atoms with van der Waals surface area (Å²) in [5.41, 5.74) is 3.33. The van der Waals surface area contributed by atoms with Crippen molar-refractivity contribution in [3.63, 3.8) is 0 Å². The van der Waals surface area contributed by atoms with E-state index in [0.29, 0.717) is 16.7 Å². The van der Waals surface area contributed by atoms with Crippen LogP contribution in [0.15, 0.2) is 59.9 Å². The molecule has 0 N–H and O–H groups in total. The van der Waals surface area contributed by atoms with Crippen LogP contribution < -0.4 is 4.65 Å². The SMILES string of the molecule is CCC1=NC=C[N+]1(OCc1ccc(C(C)(C)C)cc1)c1ccc(Cl)cc1Cl. The topological polar surface area (TPSA) is 21.6 Å². The predicted octanol–water partition coefficient (Wildman–Crippen LogP) is 7.02. The Morgan fingerprint density at radius 1 is 1.04 bits per heavy atom. The van der Waals surface area contributed by atoms with E-state index in [2.05, 4.69) is 57.0 Å². The zero-order valence-electron chi connectivity index (χ0n) is 16.2. The van der Waals surface area contributed by atoms with Crippen LogP contribution in [0.5, 0.6) is 0 Å². The summed E-state index contributed by atoms with van der Waals surface area (Å²) in [5, 5.41) is 1.15. The first kappa shape index (κ1) is 20.1. The van der Waals surface area contributed by atoms with Crippen LogP contribution in [0.4, 0.5) is 5.69 Å². The average Bonchev–Trinajstić information content (AvgIpc) is 3.03. The molecule has 0 bridgehead atoms. The van der Waals surface area contributed by atoms with E-state index in [1.807, 2.05) is 18.3 Å². The van der Waals surface area contributed by atoms with Crippen LogP contribution >= 0.6 is 23.2 Å². The molecule has 1 aliphatic rings. The Morgan fingerprint density at radius 3 is 2.33 bits per heavy atom. The molecule has 1 atom stereocenters. The van der Waals surface area contributed by atoms with Crippen LogP contribution in [0.25, 0.3) is 0 Å². The van der Waals surface area contributed by atoms with Crippen molar-refractivity contribution in [2.45, 2.75) is 46.1 Å². The van der Waals surface area contributed by atoms with Gasteiger partial charge in [0.25, 0.3) is 0 Å². The molecule has 1 unspecified atom stereocenters. The van der Waals surface area contributed by atoms with Gasteiger partial charge in [0.1, 0.15) is 11.6 Å². The Balaban J connectivity index is 1.90. The number of halogens is 2. The maximum Gasteiger partial charge on any atom is 0.245 e. The van der Waals surface area contributed by atoms with Crippen molar-refractivity contribution < 1.29 is 4.84 Å². The minimum Gasteiger partial charge on any atom is -0.200 e. The molecule has 5 heteroatoms. The van der Waals surface area contributed by atoms with Crippen molar-refractivity contribution in [1.29, 1.82) is 0 Å². The van der Waals surface area contributed by atoms with Gasteiger partial charge in [-0.05, 0) is 28.7 Å². The summed E-state index contributed by atoms with van der Waals surface area (Å²) in [6.45, 7) is 9.12. The standard InChI is InChI=1S/C22H25Cl2N2O/c1-5-21-25-12-13-26(21,20-11-10-18(23)14-19(20)24)27-15-16-6-8-17(9-7-16)22(2,3)4/h6-14H,5,15H2,1-4H3/q+1. The molecule has 0 amide bonds. The molecule has 0 saturated carbocycles. The van der Waals surface area contributed by atoms with Crippen molar-refractivity contribution in [3.05, 3.63) is 76.0 Å². The molecule has 0 spiro atoms. The number of amidine groups is 1. The molecule has 2 aromatic rings. The van der Waals surface area contributed by atoms with Gasteiger partial charge in [-0.15, -0.1) is 0 Å². The number of nitrogens with zero attached hydrogens (tertiary/aromatic N) is 2. The van der Waals surface area contributed by atoms with Gasteiger partial charge in [0, 0.05) is 17.5 Å². The van der Waals surface area contributed by atoms with Crippen molar-refractivity contribution in [2.75, 3.05) is 0 Å². The van der Waals surface area contributed by atoms with Crippen LogP contribution in [0.2, 0.25) is 10.0 Å². The molecule has 3 nitrogen and oxygen atoms in total. The highest BCUT2D eigenvalue weighted by Gasteiger charge is 2.41. The second kappa shape index (κ2) is 7.76. The number of aliphatic imine (C=N–C) groups is 1. The Hall–Kier alpha value is -1.65. The van der Waals surface area contributed by atoms with Gasteiger partial charge < -0.3 is 0 Å². The largest absolute Gasteiger partial charge is 0.245 e. The van der Waals surface area contributed by atoms with Gasteiger partial charge in [0.15, 0.2) is 11.9 Å². The van der Waals surface area contributed by atoms with Gasteiger partial charge in [0.2, 0.25) is 5.84 Å². The Labute approximate surface area is 171 Å². The van der Waals surface area contributed by atoms with Crippen molar-refractivity contribution in [1.82, 2.24) is 4.65 Å². The second-order valence-corrected chi connectivity index (χ2v) is 8.51. The van der Waals surface area contributed by atoms with Gasteiger partial charge in [-0.1, -0.05) is 79.8 Å². The lowest BCUT2D eigenvalue weighted by Gasteiger charge is -2.29. The molecule has 0 aromatic heterocycles. The summed E-state index contributed by atoms with van der Waals surface area (Å²) in [5.74, 6) is 0.880. The predicted molar refractivity (Wildman–Crippen MR) is 115 cm³/mol. The highest BCUT2D eigenvalue weighted by molar-refractivity contribution is 6.36. The molecule has 0 fully saturated rings. The molecule has 0 radical (unpaired) electrons. The van der Waals surface area contributed by atoms with Crippen molar-refractivity contribution in [3.8, 4) is 0 Å². The van der Waals surface area contributed by atoms with Crippen molar-refractivity contribution >= 4 is 34.7 Å². The third kappa shape index (κ3) is 4.12. The molecule has 0 saturated heterocycles. The van der Waals surface area contributed by atoms with Crippen molar-refractivity contribution in [2.24, 2.45) is 4.99 Å². The molecule has 27 heavy (non-hydrogen) atoms. The smallest absolute Gasteiger partial charge is 0.200 e. The van der Waals surface area contributed by atoms with Gasteiger partial charge in [0.05, 0.1) is 6.20 Å². The first-order valence-corrected chi connectivity index (χ1v) is 9.85. The van der Waals surface area contributed by atoms with E-state index in [9.17, 15) is 0 Å². The highest BCUT2D eigenvalue weighted by atomic mass is 35.5. The lowest BCUT2D eigenvalue weighted by molar-refractivity contribution is -0.0655. The fraction of sp³-hybridized carbons (Fsp3) is 0.318. The van der Waals surface area contributed by atoms with Crippen LogP contribution in [0.3, 0.4) is 0 Å². The third-order valence-corrected chi connectivity index (χ3v) is 5.26. The fourth-order valence-corrected chi connectivity index (χ4v) is 3.68. The van der Waals surface area contributed by atoms with Crippen LogP contribution in [0.1, 0.15) is 45.2 Å². The molecule has 3 rings (SSSR count). The number of hydrogen-bond donors (Lipinski definition) is 0. The first-order chi connectivity index (χ1) is 12.8. The van der Waals surface area contributed by atoms with E-state index >= 15 is 0 Å². The number of benzene rings is 2. The van der Waals surface area contributed by atoms with Crippen LogP contribution in [0, 0.1) is 0 Å². The molecule has 2 aromatic carbocycles. The Bertz CT molecular complexity index is 882. The summed E-state index contributed by atoms with van der Waals surface area (Å²) in [4.78, 5) is 10.9. The van der Waals surface area contributed by atoms with Crippen LogP contribution in [-0.2, 0) is 16.9 Å². The van der Waals surface area contributed by atoms with Crippen LogP contribution in [-0.4, -0.2) is 5.84 Å². The molecule has 1 heterocycles. The zero-order valence-corrected chi connectivity index (χ0v) is 17.7. The Kier molecular flexibility index (Phi) is 5.78. The molecule has 0 aliphatic carbocycles. The summed E-state index contributed by atoms with van der Waals surface area (Å²) in [6, 6.07) is 14.0. The van der Waals surface area contributed by atoms with E-state index in [4.69, 9.17) is 28.0 Å². The summed E-state index contributed by atoms with van der Waals surface area (Å²) in [7, 11) is 0. The summed E-state index contributed by atoms with van der Waals surface area (Å²) >= 11 is 12.6. The van der Waals surface area contributed by atoms with E-state index in [0.717, 1.165) is 23.5 Å². The second-order valence-electron chi connectivity index (χ2n) is 7.67. The summed E-state index contributed by atoms with van der Waals surface area (Å²) in [6.07, 6.45) is 4.43. The molecular formula is C22H25Cl2N2O+. The molecule has 142 valence electrons. The van der Waals surface area contributed by atoms with E-state index in [1.165, 1.54) is 5.56 Å². The maximum atomic E-state index is 6.51. The minimum atomic E-state index is 0.0630. The Morgan fingerprint density at radius 2 is 1.74 bits per heavy atom. The van der Waals surface area contributed by atoms with E-state index < -0.39 is 0 Å². The van der Waals surface area contributed by atoms with Gasteiger partial charge in [-0.2, -0.15) is 9.83 Å². The normalized spacial score (nSPS) is 19.4. The number of quaternary nitrogens is 1. The number of hydrogen-bond acceptors (Lipinski definition) is 2. The third-order valence-electron chi connectivity index (χ3n) is 4.72.